The largest absolute Gasteiger partial charge is 0.462 e. The molecule has 0 aliphatic rings. The quantitative estimate of drug-likeness (QED) is 0.425. The summed E-state index contributed by atoms with van der Waals surface area (Å²) in [6.07, 6.45) is 2.87. The zero-order valence-corrected chi connectivity index (χ0v) is 14.1. The Morgan fingerprint density at radius 1 is 0.917 bits per heavy atom. The minimum Gasteiger partial charge on any atom is -0.462 e. The minimum absolute atomic E-state index is 0.208. The molecular formula is C20H22O4. The number of ether oxygens (including phenoxy) is 2. The number of aryl methyl sites for hydroxylation is 1. The van der Waals surface area contributed by atoms with Gasteiger partial charge in [0.15, 0.2) is 0 Å². The Balaban J connectivity index is 2.09. The molecule has 0 atom stereocenters. The Morgan fingerprint density at radius 2 is 1.62 bits per heavy atom. The van der Waals surface area contributed by atoms with E-state index in [-0.39, 0.29) is 11.1 Å². The van der Waals surface area contributed by atoms with Crippen molar-refractivity contribution in [1.82, 2.24) is 0 Å². The number of benzene rings is 2. The maximum atomic E-state index is 12.4. The molecule has 0 aliphatic carbocycles. The zero-order valence-electron chi connectivity index (χ0n) is 14.1. The summed E-state index contributed by atoms with van der Waals surface area (Å²) in [6, 6.07) is 13.7. The van der Waals surface area contributed by atoms with Gasteiger partial charge in [-0.25, -0.2) is 9.59 Å². The van der Waals surface area contributed by atoms with Crippen molar-refractivity contribution < 1.29 is 19.1 Å². The van der Waals surface area contributed by atoms with Gasteiger partial charge in [0.1, 0.15) is 5.75 Å². The van der Waals surface area contributed by atoms with Gasteiger partial charge in [-0.3, -0.25) is 0 Å². The van der Waals surface area contributed by atoms with Gasteiger partial charge in [-0.1, -0.05) is 44.0 Å². The zero-order chi connectivity index (χ0) is 17.4. The molecule has 0 unspecified atom stereocenters. The van der Waals surface area contributed by atoms with Gasteiger partial charge in [0, 0.05) is 0 Å². The van der Waals surface area contributed by atoms with Crippen molar-refractivity contribution >= 4 is 11.9 Å². The van der Waals surface area contributed by atoms with Crippen LogP contribution >= 0.6 is 0 Å². The summed E-state index contributed by atoms with van der Waals surface area (Å²) in [6.45, 7) is 4.35. The second-order valence-electron chi connectivity index (χ2n) is 5.59. The van der Waals surface area contributed by atoms with E-state index in [2.05, 4.69) is 6.92 Å². The fourth-order valence-corrected chi connectivity index (χ4v) is 2.27. The fraction of sp³-hybridized carbons (Fsp3) is 0.300. The molecule has 2 aromatic carbocycles. The van der Waals surface area contributed by atoms with Crippen molar-refractivity contribution in [3.63, 3.8) is 0 Å². The molecule has 0 saturated heterocycles. The summed E-state index contributed by atoms with van der Waals surface area (Å²) in [5, 5.41) is 0. The normalized spacial score (nSPS) is 10.2. The van der Waals surface area contributed by atoms with Gasteiger partial charge in [-0.05, 0) is 43.2 Å². The first-order chi connectivity index (χ1) is 11.6. The lowest BCUT2D eigenvalue weighted by molar-refractivity contribution is 0.0490. The lowest BCUT2D eigenvalue weighted by Gasteiger charge is -2.10. The summed E-state index contributed by atoms with van der Waals surface area (Å²) in [7, 11) is 0. The summed E-state index contributed by atoms with van der Waals surface area (Å²) >= 11 is 0. The predicted molar refractivity (Wildman–Crippen MR) is 92.4 cm³/mol. The number of carbonyl (C=O) groups excluding carboxylic acids is 2. The lowest BCUT2D eigenvalue weighted by atomic mass is 10.1. The van der Waals surface area contributed by atoms with Crippen LogP contribution in [0.3, 0.4) is 0 Å². The van der Waals surface area contributed by atoms with Crippen LogP contribution in [-0.2, 0) is 4.74 Å². The van der Waals surface area contributed by atoms with Crippen LogP contribution in [0.5, 0.6) is 5.75 Å². The molecule has 0 spiro atoms. The first kappa shape index (κ1) is 17.7. The SMILES string of the molecule is CCCCCOC(=O)c1ccccc1C(=O)Oc1cccc(C)c1. The first-order valence-corrected chi connectivity index (χ1v) is 8.17. The number of hydrogen-bond donors (Lipinski definition) is 0. The number of carbonyl (C=O) groups is 2. The molecule has 0 saturated carbocycles. The smallest absolute Gasteiger partial charge is 0.344 e. The highest BCUT2D eigenvalue weighted by molar-refractivity contribution is 6.03. The Kier molecular flexibility index (Phi) is 6.55. The number of esters is 2. The van der Waals surface area contributed by atoms with Crippen LogP contribution in [0, 0.1) is 6.92 Å². The third kappa shape index (κ3) is 4.95. The highest BCUT2D eigenvalue weighted by Gasteiger charge is 2.19. The van der Waals surface area contributed by atoms with Gasteiger partial charge in [-0.15, -0.1) is 0 Å². The summed E-state index contributed by atoms with van der Waals surface area (Å²) in [5.41, 5.74) is 1.43. The van der Waals surface area contributed by atoms with Crippen molar-refractivity contribution in [1.29, 1.82) is 0 Å². The molecule has 0 bridgehead atoms. The molecule has 0 amide bonds. The van der Waals surface area contributed by atoms with Crippen LogP contribution in [0.2, 0.25) is 0 Å². The van der Waals surface area contributed by atoms with E-state index < -0.39 is 11.9 Å². The van der Waals surface area contributed by atoms with Crippen LogP contribution in [-0.4, -0.2) is 18.5 Å². The number of hydrogen-bond acceptors (Lipinski definition) is 4. The minimum atomic E-state index is -0.568. The number of rotatable bonds is 7. The molecule has 24 heavy (non-hydrogen) atoms. The van der Waals surface area contributed by atoms with Gasteiger partial charge < -0.3 is 9.47 Å². The Labute approximate surface area is 142 Å². The molecule has 2 rings (SSSR count). The van der Waals surface area contributed by atoms with Crippen molar-refractivity contribution in [2.45, 2.75) is 33.1 Å². The van der Waals surface area contributed by atoms with Gasteiger partial charge in [0.05, 0.1) is 17.7 Å². The van der Waals surface area contributed by atoms with E-state index in [0.717, 1.165) is 24.8 Å². The Morgan fingerprint density at radius 3 is 2.29 bits per heavy atom. The van der Waals surface area contributed by atoms with E-state index in [1.54, 1.807) is 36.4 Å². The van der Waals surface area contributed by atoms with E-state index >= 15 is 0 Å². The van der Waals surface area contributed by atoms with Crippen molar-refractivity contribution in [2.24, 2.45) is 0 Å². The van der Waals surface area contributed by atoms with Gasteiger partial charge >= 0.3 is 11.9 Å². The van der Waals surface area contributed by atoms with E-state index in [1.165, 1.54) is 0 Å². The maximum Gasteiger partial charge on any atom is 0.344 e. The van der Waals surface area contributed by atoms with Crippen LogP contribution in [0.4, 0.5) is 0 Å². The van der Waals surface area contributed by atoms with Crippen molar-refractivity contribution in [2.75, 3.05) is 6.61 Å². The molecule has 0 fully saturated rings. The summed E-state index contributed by atoms with van der Waals surface area (Å²) < 4.78 is 10.6. The molecule has 4 heteroatoms. The second-order valence-corrected chi connectivity index (χ2v) is 5.59. The molecular weight excluding hydrogens is 304 g/mol. The summed E-state index contributed by atoms with van der Waals surface area (Å²) in [5.74, 6) is -0.615. The molecule has 0 N–H and O–H groups in total. The van der Waals surface area contributed by atoms with Crippen molar-refractivity contribution in [3.05, 3.63) is 65.2 Å². The topological polar surface area (TPSA) is 52.6 Å². The third-order valence-corrected chi connectivity index (χ3v) is 3.55. The van der Waals surface area contributed by atoms with Crippen molar-refractivity contribution in [3.8, 4) is 5.75 Å². The van der Waals surface area contributed by atoms with Gasteiger partial charge in [-0.2, -0.15) is 0 Å². The van der Waals surface area contributed by atoms with Crippen LogP contribution in [0.1, 0.15) is 52.5 Å². The standard InChI is InChI=1S/C20H22O4/c1-3-4-7-13-23-19(21)17-11-5-6-12-18(17)20(22)24-16-10-8-9-15(2)14-16/h5-6,8-12,14H,3-4,7,13H2,1-2H3. The maximum absolute atomic E-state index is 12.4. The lowest BCUT2D eigenvalue weighted by Crippen LogP contribution is -2.16. The van der Waals surface area contributed by atoms with Crippen LogP contribution < -0.4 is 4.74 Å². The van der Waals surface area contributed by atoms with Crippen LogP contribution in [0.25, 0.3) is 0 Å². The second kappa shape index (κ2) is 8.87. The third-order valence-electron chi connectivity index (χ3n) is 3.55. The average molecular weight is 326 g/mol. The first-order valence-electron chi connectivity index (χ1n) is 8.17. The molecule has 0 radical (unpaired) electrons. The van der Waals surface area contributed by atoms with E-state index in [4.69, 9.17) is 9.47 Å². The predicted octanol–water partition coefficient (Wildman–Crippen LogP) is 4.56. The van der Waals surface area contributed by atoms with E-state index in [9.17, 15) is 9.59 Å². The fourth-order valence-electron chi connectivity index (χ4n) is 2.27. The van der Waals surface area contributed by atoms with E-state index in [1.807, 2.05) is 19.1 Å². The van der Waals surface area contributed by atoms with Crippen LogP contribution in [0.15, 0.2) is 48.5 Å². The Hall–Kier alpha value is -2.62. The molecule has 0 aromatic heterocycles. The molecule has 126 valence electrons. The van der Waals surface area contributed by atoms with E-state index in [0.29, 0.717) is 12.4 Å². The highest BCUT2D eigenvalue weighted by atomic mass is 16.5. The molecule has 0 heterocycles. The van der Waals surface area contributed by atoms with Gasteiger partial charge in [0.25, 0.3) is 0 Å². The molecule has 0 aliphatic heterocycles. The monoisotopic (exact) mass is 326 g/mol. The molecule has 4 nitrogen and oxygen atoms in total. The van der Waals surface area contributed by atoms with Gasteiger partial charge in [0.2, 0.25) is 0 Å². The number of unbranched alkanes of at least 4 members (excludes halogenated alkanes) is 2. The highest BCUT2D eigenvalue weighted by Crippen LogP contribution is 2.17. The molecule has 2 aromatic rings. The average Bonchev–Trinajstić information content (AvgIpc) is 2.58. The summed E-state index contributed by atoms with van der Waals surface area (Å²) in [4.78, 5) is 24.6. The Bertz CT molecular complexity index is 706.